The fourth-order valence-corrected chi connectivity index (χ4v) is 2.62. The Morgan fingerprint density at radius 1 is 1.33 bits per heavy atom. The highest BCUT2D eigenvalue weighted by Gasteiger charge is 2.09. The first-order valence-corrected chi connectivity index (χ1v) is 9.52. The van der Waals surface area contributed by atoms with E-state index in [0.717, 1.165) is 38.3 Å². The van der Waals surface area contributed by atoms with Crippen LogP contribution in [-0.2, 0) is 13.5 Å². The van der Waals surface area contributed by atoms with E-state index in [1.54, 1.807) is 12.1 Å². The Morgan fingerprint density at radius 2 is 2.19 bits per heavy atom. The minimum absolute atomic E-state index is 0.0994. The summed E-state index contributed by atoms with van der Waals surface area (Å²) in [5.74, 6) is 1.01. The van der Waals surface area contributed by atoms with Crippen LogP contribution in [0.4, 0.5) is 4.39 Å². The van der Waals surface area contributed by atoms with E-state index >= 15 is 0 Å². The molecule has 0 aliphatic heterocycles. The smallest absolute Gasteiger partial charge is 0.191 e. The summed E-state index contributed by atoms with van der Waals surface area (Å²) in [7, 11) is 1.92. The fraction of sp³-hybridized carbons (Fsp3) is 0.500. The Bertz CT molecular complexity index is 716. The Morgan fingerprint density at radius 3 is 2.85 bits per heavy atom. The summed E-state index contributed by atoms with van der Waals surface area (Å²) in [6.45, 7) is 6.18. The second-order valence-electron chi connectivity index (χ2n) is 6.38. The first kappa shape index (κ1) is 20.7. The van der Waals surface area contributed by atoms with Crippen molar-refractivity contribution in [2.75, 3.05) is 19.6 Å². The van der Waals surface area contributed by atoms with E-state index in [2.05, 4.69) is 20.7 Å². The Balaban J connectivity index is 1.81. The van der Waals surface area contributed by atoms with Crippen molar-refractivity contribution in [3.8, 4) is 5.75 Å². The summed E-state index contributed by atoms with van der Waals surface area (Å²) >= 11 is 0. The third kappa shape index (κ3) is 7.68. The maximum absolute atomic E-state index is 13.3. The van der Waals surface area contributed by atoms with Gasteiger partial charge in [0.2, 0.25) is 0 Å². The van der Waals surface area contributed by atoms with Crippen molar-refractivity contribution in [3.63, 3.8) is 0 Å². The molecule has 1 aromatic carbocycles. The highest BCUT2D eigenvalue weighted by Crippen LogP contribution is 2.15. The molecule has 1 unspecified atom stereocenters. The zero-order valence-electron chi connectivity index (χ0n) is 16.4. The van der Waals surface area contributed by atoms with Crippen LogP contribution in [0.1, 0.15) is 32.3 Å². The van der Waals surface area contributed by atoms with E-state index in [0.29, 0.717) is 12.3 Å². The van der Waals surface area contributed by atoms with Crippen molar-refractivity contribution in [2.45, 2.75) is 39.2 Å². The highest BCUT2D eigenvalue weighted by molar-refractivity contribution is 5.79. The van der Waals surface area contributed by atoms with Crippen LogP contribution >= 0.6 is 0 Å². The van der Waals surface area contributed by atoms with E-state index in [9.17, 15) is 4.39 Å². The zero-order valence-corrected chi connectivity index (χ0v) is 16.4. The van der Waals surface area contributed by atoms with Gasteiger partial charge < -0.3 is 15.4 Å². The fourth-order valence-electron chi connectivity index (χ4n) is 2.62. The van der Waals surface area contributed by atoms with Gasteiger partial charge in [-0.05, 0) is 43.9 Å². The number of hydrogen-bond acceptors (Lipinski definition) is 3. The lowest BCUT2D eigenvalue weighted by molar-refractivity contribution is 0.205. The molecule has 27 heavy (non-hydrogen) atoms. The van der Waals surface area contributed by atoms with Crippen molar-refractivity contribution in [2.24, 2.45) is 12.0 Å². The molecule has 0 bridgehead atoms. The van der Waals surface area contributed by atoms with E-state index in [1.807, 2.05) is 38.0 Å². The van der Waals surface area contributed by atoms with Gasteiger partial charge in [-0.1, -0.05) is 13.0 Å². The predicted octanol–water partition coefficient (Wildman–Crippen LogP) is 2.90. The van der Waals surface area contributed by atoms with Crippen LogP contribution in [0.2, 0.25) is 0 Å². The normalized spacial score (nSPS) is 12.7. The van der Waals surface area contributed by atoms with Crippen LogP contribution in [0.25, 0.3) is 0 Å². The lowest BCUT2D eigenvalue weighted by Gasteiger charge is -2.17. The first-order chi connectivity index (χ1) is 13.1. The molecule has 0 amide bonds. The largest absolute Gasteiger partial charge is 0.488 e. The van der Waals surface area contributed by atoms with Crippen LogP contribution in [0.3, 0.4) is 0 Å². The maximum atomic E-state index is 13.3. The predicted molar refractivity (Wildman–Crippen MR) is 107 cm³/mol. The van der Waals surface area contributed by atoms with Crippen molar-refractivity contribution in [1.82, 2.24) is 20.4 Å². The zero-order chi connectivity index (χ0) is 19.5. The van der Waals surface area contributed by atoms with Crippen LogP contribution in [0.15, 0.2) is 41.7 Å². The number of guanidine groups is 1. The van der Waals surface area contributed by atoms with Gasteiger partial charge in [-0.15, -0.1) is 0 Å². The molecule has 0 spiro atoms. The molecule has 2 N–H and O–H groups in total. The SMILES string of the molecule is CCNC(=NCC(CC)Oc1cccc(F)c1)NCCCc1cnn(C)c1. The number of hydrogen-bond donors (Lipinski definition) is 2. The first-order valence-electron chi connectivity index (χ1n) is 9.52. The number of benzene rings is 1. The summed E-state index contributed by atoms with van der Waals surface area (Å²) in [5, 5.41) is 10.8. The van der Waals surface area contributed by atoms with Gasteiger partial charge in [-0.3, -0.25) is 4.68 Å². The molecule has 0 saturated heterocycles. The van der Waals surface area contributed by atoms with Gasteiger partial charge in [0.15, 0.2) is 5.96 Å². The van der Waals surface area contributed by atoms with E-state index in [1.165, 1.54) is 17.7 Å². The molecule has 0 radical (unpaired) electrons. The minimum Gasteiger partial charge on any atom is -0.488 e. The van der Waals surface area contributed by atoms with Crippen LogP contribution in [0.5, 0.6) is 5.75 Å². The number of ether oxygens (including phenoxy) is 1. The standard InChI is InChI=1S/C20H30FN5O/c1-4-18(27-19-10-6-9-17(21)12-19)14-24-20(22-5-2)23-11-7-8-16-13-25-26(3)15-16/h6,9-10,12-13,15,18H,4-5,7-8,11,14H2,1-3H3,(H2,22,23,24). The molecule has 148 valence electrons. The number of nitrogens with zero attached hydrogens (tertiary/aromatic N) is 3. The number of aryl methyl sites for hydroxylation is 2. The van der Waals surface area contributed by atoms with Crippen LogP contribution in [0, 0.1) is 5.82 Å². The van der Waals surface area contributed by atoms with Gasteiger partial charge in [0.25, 0.3) is 0 Å². The molecule has 0 saturated carbocycles. The summed E-state index contributed by atoms with van der Waals surface area (Å²) < 4.78 is 21.0. The quantitative estimate of drug-likeness (QED) is 0.381. The van der Waals surface area contributed by atoms with Gasteiger partial charge >= 0.3 is 0 Å². The van der Waals surface area contributed by atoms with E-state index in [-0.39, 0.29) is 11.9 Å². The van der Waals surface area contributed by atoms with Crippen LogP contribution in [-0.4, -0.2) is 41.5 Å². The molecule has 1 heterocycles. The maximum Gasteiger partial charge on any atom is 0.191 e. The lowest BCUT2D eigenvalue weighted by Crippen LogP contribution is -2.38. The van der Waals surface area contributed by atoms with Gasteiger partial charge in [0, 0.05) is 32.4 Å². The molecule has 1 atom stereocenters. The van der Waals surface area contributed by atoms with Crippen molar-refractivity contribution in [1.29, 1.82) is 0 Å². The number of aromatic nitrogens is 2. The third-order valence-electron chi connectivity index (χ3n) is 4.04. The summed E-state index contributed by atoms with van der Waals surface area (Å²) in [6.07, 6.45) is 6.59. The Hall–Kier alpha value is -2.57. The van der Waals surface area contributed by atoms with Crippen molar-refractivity contribution >= 4 is 5.96 Å². The minimum atomic E-state index is -0.297. The highest BCUT2D eigenvalue weighted by atomic mass is 19.1. The Kier molecular flexibility index (Phi) is 8.61. The average molecular weight is 375 g/mol. The number of aliphatic imine (C=N–C) groups is 1. The monoisotopic (exact) mass is 375 g/mol. The second kappa shape index (κ2) is 11.2. The van der Waals surface area contributed by atoms with Gasteiger partial charge in [0.05, 0.1) is 12.7 Å². The number of halogens is 1. The number of rotatable bonds is 10. The summed E-state index contributed by atoms with van der Waals surface area (Å²) in [6, 6.07) is 6.21. The van der Waals surface area contributed by atoms with Crippen molar-refractivity contribution < 1.29 is 9.13 Å². The molecule has 0 aliphatic rings. The second-order valence-corrected chi connectivity index (χ2v) is 6.38. The molecular formula is C20H30FN5O. The Labute approximate surface area is 160 Å². The molecule has 2 aromatic rings. The van der Waals surface area contributed by atoms with Crippen LogP contribution < -0.4 is 15.4 Å². The van der Waals surface area contributed by atoms with E-state index in [4.69, 9.17) is 4.74 Å². The molecular weight excluding hydrogens is 345 g/mol. The molecule has 0 fully saturated rings. The lowest BCUT2D eigenvalue weighted by atomic mass is 10.2. The van der Waals surface area contributed by atoms with Gasteiger partial charge in [-0.2, -0.15) is 5.10 Å². The molecule has 6 nitrogen and oxygen atoms in total. The van der Waals surface area contributed by atoms with Gasteiger partial charge in [0.1, 0.15) is 17.7 Å². The molecule has 0 aliphatic carbocycles. The summed E-state index contributed by atoms with van der Waals surface area (Å²) in [5.41, 5.74) is 1.23. The molecule has 7 heteroatoms. The summed E-state index contributed by atoms with van der Waals surface area (Å²) in [4.78, 5) is 4.61. The molecule has 1 aromatic heterocycles. The average Bonchev–Trinajstić information content (AvgIpc) is 3.07. The van der Waals surface area contributed by atoms with Gasteiger partial charge in [-0.25, -0.2) is 9.38 Å². The number of nitrogens with one attached hydrogen (secondary N) is 2. The molecule has 2 rings (SSSR count). The third-order valence-corrected chi connectivity index (χ3v) is 4.04. The topological polar surface area (TPSA) is 63.5 Å². The van der Waals surface area contributed by atoms with Crippen molar-refractivity contribution in [3.05, 3.63) is 48.0 Å². The van der Waals surface area contributed by atoms with E-state index < -0.39 is 0 Å².